The summed E-state index contributed by atoms with van der Waals surface area (Å²) in [6.45, 7) is 5.65. The monoisotopic (exact) mass is 288 g/mol. The predicted octanol–water partition coefficient (Wildman–Crippen LogP) is 3.16. The van der Waals surface area contributed by atoms with Crippen molar-refractivity contribution in [3.63, 3.8) is 0 Å². The molecule has 1 aliphatic rings. The third kappa shape index (κ3) is 3.32. The van der Waals surface area contributed by atoms with Crippen LogP contribution in [0.4, 0.5) is 24.8 Å². The van der Waals surface area contributed by atoms with E-state index in [-0.39, 0.29) is 11.2 Å². The lowest BCUT2D eigenvalue weighted by Crippen LogP contribution is -2.40. The molecule has 1 N–H and O–H groups in total. The van der Waals surface area contributed by atoms with Gasteiger partial charge in [-0.25, -0.2) is 9.97 Å². The SMILES string of the molecule is CNc1cc(N2CCCC(C)(C)C2)nc(C(F)(F)F)n1. The molecule has 0 aromatic carbocycles. The summed E-state index contributed by atoms with van der Waals surface area (Å²) in [6, 6.07) is 1.57. The Kier molecular flexibility index (Phi) is 3.80. The van der Waals surface area contributed by atoms with E-state index in [9.17, 15) is 13.2 Å². The quantitative estimate of drug-likeness (QED) is 0.907. The predicted molar refractivity (Wildman–Crippen MR) is 71.8 cm³/mol. The number of aromatic nitrogens is 2. The Balaban J connectivity index is 2.36. The van der Waals surface area contributed by atoms with Gasteiger partial charge < -0.3 is 10.2 Å². The largest absolute Gasteiger partial charge is 0.451 e. The number of rotatable bonds is 2. The average molecular weight is 288 g/mol. The Morgan fingerprint density at radius 1 is 1.30 bits per heavy atom. The van der Waals surface area contributed by atoms with Crippen molar-refractivity contribution in [2.75, 3.05) is 30.4 Å². The van der Waals surface area contributed by atoms with E-state index < -0.39 is 12.0 Å². The van der Waals surface area contributed by atoms with E-state index in [1.165, 1.54) is 0 Å². The fraction of sp³-hybridized carbons (Fsp3) is 0.692. The van der Waals surface area contributed by atoms with Crippen LogP contribution in [0.2, 0.25) is 0 Å². The van der Waals surface area contributed by atoms with Crippen LogP contribution in [0.25, 0.3) is 0 Å². The summed E-state index contributed by atoms with van der Waals surface area (Å²) < 4.78 is 38.5. The van der Waals surface area contributed by atoms with Crippen molar-refractivity contribution in [2.24, 2.45) is 5.41 Å². The third-order valence-electron chi connectivity index (χ3n) is 3.45. The summed E-state index contributed by atoms with van der Waals surface area (Å²) in [7, 11) is 1.55. The highest BCUT2D eigenvalue weighted by Crippen LogP contribution is 2.33. The van der Waals surface area contributed by atoms with Gasteiger partial charge in [-0.15, -0.1) is 0 Å². The fourth-order valence-corrected chi connectivity index (χ4v) is 2.47. The maximum atomic E-state index is 12.8. The van der Waals surface area contributed by atoms with Gasteiger partial charge in [-0.1, -0.05) is 13.8 Å². The molecule has 0 atom stereocenters. The van der Waals surface area contributed by atoms with Crippen LogP contribution < -0.4 is 10.2 Å². The van der Waals surface area contributed by atoms with E-state index in [2.05, 4.69) is 29.1 Å². The molecule has 0 unspecified atom stereocenters. The Labute approximate surface area is 116 Å². The van der Waals surface area contributed by atoms with Gasteiger partial charge in [-0.2, -0.15) is 13.2 Å². The molecule has 2 rings (SSSR count). The topological polar surface area (TPSA) is 41.0 Å². The lowest BCUT2D eigenvalue weighted by molar-refractivity contribution is -0.144. The molecular weight excluding hydrogens is 269 g/mol. The first-order valence-corrected chi connectivity index (χ1v) is 6.60. The van der Waals surface area contributed by atoms with Crippen LogP contribution in [-0.4, -0.2) is 30.1 Å². The molecule has 0 saturated carbocycles. The molecule has 0 amide bonds. The second kappa shape index (κ2) is 5.10. The van der Waals surface area contributed by atoms with Crippen LogP contribution in [0, 0.1) is 5.41 Å². The number of halogens is 3. The molecule has 0 aliphatic carbocycles. The van der Waals surface area contributed by atoms with Crippen molar-refractivity contribution in [1.82, 2.24) is 9.97 Å². The van der Waals surface area contributed by atoms with Crippen LogP contribution in [0.5, 0.6) is 0 Å². The lowest BCUT2D eigenvalue weighted by atomic mass is 9.84. The number of piperidine rings is 1. The van der Waals surface area contributed by atoms with Gasteiger partial charge in [0.25, 0.3) is 0 Å². The molecule has 112 valence electrons. The fourth-order valence-electron chi connectivity index (χ4n) is 2.47. The van der Waals surface area contributed by atoms with Gasteiger partial charge in [0.2, 0.25) is 5.82 Å². The molecular formula is C13H19F3N4. The highest BCUT2D eigenvalue weighted by atomic mass is 19.4. The summed E-state index contributed by atoms with van der Waals surface area (Å²) in [5.74, 6) is -0.571. The van der Waals surface area contributed by atoms with E-state index in [1.54, 1.807) is 13.1 Å². The summed E-state index contributed by atoms with van der Waals surface area (Å²) in [5.41, 5.74) is 0.0847. The molecule has 1 fully saturated rings. The molecule has 0 radical (unpaired) electrons. The van der Waals surface area contributed by atoms with E-state index in [4.69, 9.17) is 0 Å². The summed E-state index contributed by atoms with van der Waals surface area (Å²) in [6.07, 6.45) is -2.51. The molecule has 4 nitrogen and oxygen atoms in total. The summed E-state index contributed by atoms with van der Waals surface area (Å²) >= 11 is 0. The molecule has 20 heavy (non-hydrogen) atoms. The highest BCUT2D eigenvalue weighted by molar-refractivity contribution is 5.50. The van der Waals surface area contributed by atoms with Gasteiger partial charge in [-0.05, 0) is 18.3 Å². The molecule has 1 aliphatic heterocycles. The lowest BCUT2D eigenvalue weighted by Gasteiger charge is -2.38. The van der Waals surface area contributed by atoms with Crippen LogP contribution in [-0.2, 0) is 6.18 Å². The number of anilines is 2. The standard InChI is InChI=1S/C13H19F3N4/c1-12(2)5-4-6-20(8-12)10-7-9(17-3)18-11(19-10)13(14,15)16/h7H,4-6,8H2,1-3H3,(H,17,18,19). The van der Waals surface area contributed by atoms with Crippen molar-refractivity contribution in [3.05, 3.63) is 11.9 Å². The van der Waals surface area contributed by atoms with Crippen LogP contribution in [0.15, 0.2) is 6.07 Å². The van der Waals surface area contributed by atoms with Gasteiger partial charge in [0.05, 0.1) is 0 Å². The van der Waals surface area contributed by atoms with Gasteiger partial charge >= 0.3 is 6.18 Å². The van der Waals surface area contributed by atoms with Crippen molar-refractivity contribution >= 4 is 11.6 Å². The van der Waals surface area contributed by atoms with Crippen LogP contribution in [0.1, 0.15) is 32.5 Å². The minimum atomic E-state index is -4.53. The van der Waals surface area contributed by atoms with E-state index in [1.807, 2.05) is 4.90 Å². The molecule has 1 aromatic rings. The van der Waals surface area contributed by atoms with Gasteiger partial charge in [0.1, 0.15) is 11.6 Å². The zero-order valence-electron chi connectivity index (χ0n) is 11.9. The molecule has 1 saturated heterocycles. The first-order valence-electron chi connectivity index (χ1n) is 6.60. The summed E-state index contributed by atoms with van der Waals surface area (Å²) in [4.78, 5) is 9.08. The minimum absolute atomic E-state index is 0.0847. The molecule has 2 heterocycles. The van der Waals surface area contributed by atoms with Gasteiger partial charge in [0, 0.05) is 26.2 Å². The third-order valence-corrected chi connectivity index (χ3v) is 3.45. The number of alkyl halides is 3. The Morgan fingerprint density at radius 2 is 2.00 bits per heavy atom. The highest BCUT2D eigenvalue weighted by Gasteiger charge is 2.36. The second-order valence-corrected chi connectivity index (χ2v) is 5.87. The Morgan fingerprint density at radius 3 is 2.55 bits per heavy atom. The van der Waals surface area contributed by atoms with Crippen molar-refractivity contribution < 1.29 is 13.2 Å². The van der Waals surface area contributed by atoms with Gasteiger partial charge in [-0.3, -0.25) is 0 Å². The number of hydrogen-bond acceptors (Lipinski definition) is 4. The number of nitrogens with zero attached hydrogens (tertiary/aromatic N) is 3. The smallest absolute Gasteiger partial charge is 0.373 e. The number of hydrogen-bond donors (Lipinski definition) is 1. The van der Waals surface area contributed by atoms with Crippen molar-refractivity contribution in [3.8, 4) is 0 Å². The average Bonchev–Trinajstić information content (AvgIpc) is 2.36. The first kappa shape index (κ1) is 14.9. The molecule has 0 bridgehead atoms. The van der Waals surface area contributed by atoms with E-state index in [0.29, 0.717) is 12.4 Å². The number of nitrogens with one attached hydrogen (secondary N) is 1. The minimum Gasteiger partial charge on any atom is -0.373 e. The zero-order chi connectivity index (χ0) is 15.0. The summed E-state index contributed by atoms with van der Waals surface area (Å²) in [5, 5.41) is 2.66. The van der Waals surface area contributed by atoms with Crippen molar-refractivity contribution in [1.29, 1.82) is 0 Å². The molecule has 0 spiro atoms. The van der Waals surface area contributed by atoms with E-state index in [0.717, 1.165) is 19.4 Å². The van der Waals surface area contributed by atoms with Crippen LogP contribution in [0.3, 0.4) is 0 Å². The zero-order valence-corrected chi connectivity index (χ0v) is 11.9. The van der Waals surface area contributed by atoms with Crippen LogP contribution >= 0.6 is 0 Å². The van der Waals surface area contributed by atoms with Crippen molar-refractivity contribution in [2.45, 2.75) is 32.9 Å². The Hall–Kier alpha value is -1.53. The van der Waals surface area contributed by atoms with Gasteiger partial charge in [0.15, 0.2) is 0 Å². The molecule has 7 heteroatoms. The Bertz CT molecular complexity index is 485. The second-order valence-electron chi connectivity index (χ2n) is 5.87. The first-order chi connectivity index (χ1) is 9.21. The maximum absolute atomic E-state index is 12.8. The van der Waals surface area contributed by atoms with E-state index >= 15 is 0 Å². The normalized spacial score (nSPS) is 19.0. The maximum Gasteiger partial charge on any atom is 0.451 e. The molecule has 1 aromatic heterocycles.